The second-order valence-electron chi connectivity index (χ2n) is 2.56. The Morgan fingerprint density at radius 3 is 2.85 bits per heavy atom. The minimum atomic E-state index is 0. The van der Waals surface area contributed by atoms with Gasteiger partial charge in [0.25, 0.3) is 0 Å². The maximum absolute atomic E-state index is 4.11. The summed E-state index contributed by atoms with van der Waals surface area (Å²) in [4.78, 5) is 0. The van der Waals surface area contributed by atoms with Gasteiger partial charge >= 0.3 is 0 Å². The third kappa shape index (κ3) is 3.27. The number of anilines is 2. The van der Waals surface area contributed by atoms with Gasteiger partial charge in [-0.15, -0.1) is 0 Å². The Morgan fingerprint density at radius 1 is 1.62 bits per heavy atom. The van der Waals surface area contributed by atoms with Crippen LogP contribution in [-0.2, 0) is 39.8 Å². The van der Waals surface area contributed by atoms with Crippen LogP contribution in [0.25, 0.3) is 0 Å². The molecule has 0 aliphatic carbocycles. The standard InChI is InChI=1S/C8H15N4.Y/c1-4-5-10-7-6-11-12(3)8(7)9-2;/h6,9-10H,1,4-5H2,2-3H3;/q-1;. The van der Waals surface area contributed by atoms with Gasteiger partial charge in [0.15, 0.2) is 0 Å². The van der Waals surface area contributed by atoms with Gasteiger partial charge < -0.3 is 17.6 Å². The molecule has 1 aromatic heterocycles. The van der Waals surface area contributed by atoms with Gasteiger partial charge in [-0.05, 0) is 6.54 Å². The van der Waals surface area contributed by atoms with Gasteiger partial charge in [-0.2, -0.15) is 11.5 Å². The van der Waals surface area contributed by atoms with Crippen molar-refractivity contribution in [1.29, 1.82) is 0 Å². The normalized spacial score (nSPS) is 9.15. The van der Waals surface area contributed by atoms with Gasteiger partial charge in [0.1, 0.15) is 5.82 Å². The first-order valence-electron chi connectivity index (χ1n) is 4.02. The molecule has 2 N–H and O–H groups in total. The average Bonchev–Trinajstić information content (AvgIpc) is 2.43. The van der Waals surface area contributed by atoms with Crippen molar-refractivity contribution in [3.05, 3.63) is 13.1 Å². The third-order valence-electron chi connectivity index (χ3n) is 1.67. The molecule has 0 amide bonds. The van der Waals surface area contributed by atoms with Gasteiger partial charge in [-0.3, -0.25) is 4.68 Å². The van der Waals surface area contributed by atoms with Crippen molar-refractivity contribution in [3.8, 4) is 0 Å². The fourth-order valence-corrected chi connectivity index (χ4v) is 1.09. The molecule has 0 fully saturated rings. The van der Waals surface area contributed by atoms with E-state index >= 15 is 0 Å². The average molecular weight is 256 g/mol. The largest absolute Gasteiger partial charge is 0.383 e. The zero-order chi connectivity index (χ0) is 8.97. The van der Waals surface area contributed by atoms with Crippen LogP contribution in [-0.4, -0.2) is 23.4 Å². The van der Waals surface area contributed by atoms with Gasteiger partial charge in [0, 0.05) is 46.8 Å². The van der Waals surface area contributed by atoms with Gasteiger partial charge in [-0.1, -0.05) is 0 Å². The maximum Gasteiger partial charge on any atom is 0.147 e. The summed E-state index contributed by atoms with van der Waals surface area (Å²) in [6.45, 7) is 4.63. The number of hydrogen-bond acceptors (Lipinski definition) is 3. The van der Waals surface area contributed by atoms with E-state index in [-0.39, 0.29) is 32.7 Å². The van der Waals surface area contributed by atoms with Crippen molar-refractivity contribution in [2.24, 2.45) is 7.05 Å². The van der Waals surface area contributed by atoms with Crippen LogP contribution in [0.2, 0.25) is 0 Å². The Kier molecular flexibility index (Phi) is 6.34. The van der Waals surface area contributed by atoms with E-state index in [0.717, 1.165) is 24.5 Å². The summed E-state index contributed by atoms with van der Waals surface area (Å²) in [5.41, 5.74) is 1.03. The second kappa shape index (κ2) is 6.38. The van der Waals surface area contributed by atoms with Gasteiger partial charge in [0.2, 0.25) is 0 Å². The molecule has 4 nitrogen and oxygen atoms in total. The zero-order valence-corrected chi connectivity index (χ0v) is 11.0. The molecule has 0 saturated carbocycles. The van der Waals surface area contributed by atoms with E-state index in [1.54, 1.807) is 4.68 Å². The summed E-state index contributed by atoms with van der Waals surface area (Å²) in [7, 11) is 3.79. The molecule has 1 heterocycles. The topological polar surface area (TPSA) is 41.9 Å². The van der Waals surface area contributed by atoms with E-state index in [2.05, 4.69) is 22.7 Å². The fourth-order valence-electron chi connectivity index (χ4n) is 1.09. The molecule has 1 aromatic rings. The number of nitrogens with zero attached hydrogens (tertiary/aromatic N) is 2. The summed E-state index contributed by atoms with van der Waals surface area (Å²) in [5.74, 6) is 1.00. The van der Waals surface area contributed by atoms with Crippen LogP contribution in [0.15, 0.2) is 6.20 Å². The summed E-state index contributed by atoms with van der Waals surface area (Å²) < 4.78 is 1.80. The number of aromatic nitrogens is 2. The number of hydrogen-bond donors (Lipinski definition) is 2. The van der Waals surface area contributed by atoms with Crippen molar-refractivity contribution in [3.63, 3.8) is 0 Å². The van der Waals surface area contributed by atoms with Crippen molar-refractivity contribution < 1.29 is 32.7 Å². The number of rotatable bonds is 4. The first-order valence-corrected chi connectivity index (χ1v) is 4.02. The zero-order valence-electron chi connectivity index (χ0n) is 8.17. The molecule has 0 spiro atoms. The van der Waals surface area contributed by atoms with E-state index < -0.39 is 0 Å². The van der Waals surface area contributed by atoms with Crippen LogP contribution in [0.5, 0.6) is 0 Å². The molecule has 71 valence electrons. The number of aryl methyl sites for hydroxylation is 1. The molecule has 13 heavy (non-hydrogen) atoms. The molecule has 0 unspecified atom stereocenters. The molecule has 0 aliphatic rings. The monoisotopic (exact) mass is 256 g/mol. The summed E-state index contributed by atoms with van der Waals surface area (Å²) in [5, 5.41) is 10.4. The molecule has 1 rings (SSSR count). The molecule has 0 bridgehead atoms. The molecule has 1 radical (unpaired) electrons. The van der Waals surface area contributed by atoms with E-state index in [4.69, 9.17) is 0 Å². The van der Waals surface area contributed by atoms with E-state index in [9.17, 15) is 0 Å². The van der Waals surface area contributed by atoms with Gasteiger partial charge in [0.05, 0.1) is 11.9 Å². The van der Waals surface area contributed by atoms with Crippen LogP contribution >= 0.6 is 0 Å². The fraction of sp³-hybridized carbons (Fsp3) is 0.500. The molecular formula is C8H15N4Y-. The minimum Gasteiger partial charge on any atom is -0.383 e. The maximum atomic E-state index is 4.11. The Hall–Kier alpha value is -0.0861. The van der Waals surface area contributed by atoms with Crippen LogP contribution < -0.4 is 10.6 Å². The van der Waals surface area contributed by atoms with Crippen LogP contribution in [0, 0.1) is 6.92 Å². The molecule has 0 aliphatic heterocycles. The first kappa shape index (κ1) is 12.9. The predicted octanol–water partition coefficient (Wildman–Crippen LogP) is 1.10. The summed E-state index contributed by atoms with van der Waals surface area (Å²) in [6.07, 6.45) is 2.68. The SMILES string of the molecule is [CH2-]CCNc1cnn(C)c1NC.[Y]. The van der Waals surface area contributed by atoms with E-state index in [1.807, 2.05) is 20.3 Å². The number of nitrogens with one attached hydrogen (secondary N) is 2. The Labute approximate surface area is 104 Å². The molecule has 0 saturated heterocycles. The molecule has 0 aromatic carbocycles. The molecule has 5 heteroatoms. The quantitative estimate of drug-likeness (QED) is 0.792. The third-order valence-corrected chi connectivity index (χ3v) is 1.67. The van der Waals surface area contributed by atoms with E-state index in [1.165, 1.54) is 0 Å². The van der Waals surface area contributed by atoms with Crippen molar-refractivity contribution in [1.82, 2.24) is 9.78 Å². The second-order valence-corrected chi connectivity index (χ2v) is 2.56. The smallest absolute Gasteiger partial charge is 0.147 e. The Morgan fingerprint density at radius 2 is 2.31 bits per heavy atom. The summed E-state index contributed by atoms with van der Waals surface area (Å²) >= 11 is 0. The van der Waals surface area contributed by atoms with Crippen LogP contribution in [0.3, 0.4) is 0 Å². The van der Waals surface area contributed by atoms with Crippen LogP contribution in [0.4, 0.5) is 11.5 Å². The van der Waals surface area contributed by atoms with Crippen LogP contribution in [0.1, 0.15) is 6.42 Å². The first-order chi connectivity index (χ1) is 5.79. The predicted molar refractivity (Wildman–Crippen MR) is 51.2 cm³/mol. The van der Waals surface area contributed by atoms with Crippen molar-refractivity contribution >= 4 is 11.5 Å². The van der Waals surface area contributed by atoms with Gasteiger partial charge in [-0.25, -0.2) is 0 Å². The Bertz CT molecular complexity index is 246. The minimum absolute atomic E-state index is 0. The Balaban J connectivity index is 0.00000144. The van der Waals surface area contributed by atoms with E-state index in [0.29, 0.717) is 0 Å². The summed E-state index contributed by atoms with van der Waals surface area (Å²) in [6, 6.07) is 0. The van der Waals surface area contributed by atoms with Crippen molar-refractivity contribution in [2.75, 3.05) is 24.2 Å². The molecule has 0 atom stereocenters. The van der Waals surface area contributed by atoms with Crippen molar-refractivity contribution in [2.45, 2.75) is 6.42 Å². The molecular weight excluding hydrogens is 241 g/mol.